The van der Waals surface area contributed by atoms with Crippen molar-refractivity contribution in [1.29, 1.82) is 0 Å². The average molecular weight is 267 g/mol. The third kappa shape index (κ3) is 3.29. The largest absolute Gasteiger partial charge is 0.368 e. The molecule has 0 aromatic rings. The molecular formula is C15H29N3O. The second kappa shape index (κ2) is 6.23. The first-order chi connectivity index (χ1) is 9.07. The van der Waals surface area contributed by atoms with E-state index in [0.29, 0.717) is 6.04 Å². The molecule has 2 aliphatic rings. The minimum Gasteiger partial charge on any atom is -0.368 e. The lowest BCUT2D eigenvalue weighted by atomic mass is 9.77. The highest BCUT2D eigenvalue weighted by molar-refractivity contribution is 5.84. The normalized spacial score (nSPS) is 34.3. The molecule has 1 aliphatic carbocycles. The maximum atomic E-state index is 11.9. The number of hydrogen-bond donors (Lipinski definition) is 2. The molecule has 110 valence electrons. The Morgan fingerprint density at radius 3 is 2.63 bits per heavy atom. The molecule has 0 aromatic carbocycles. The van der Waals surface area contributed by atoms with E-state index in [1.54, 1.807) is 0 Å². The molecule has 2 unspecified atom stereocenters. The van der Waals surface area contributed by atoms with E-state index in [9.17, 15) is 4.79 Å². The maximum Gasteiger partial charge on any atom is 0.237 e. The molecule has 0 aromatic heterocycles. The van der Waals surface area contributed by atoms with Gasteiger partial charge in [-0.3, -0.25) is 4.79 Å². The van der Waals surface area contributed by atoms with Crippen LogP contribution in [0.3, 0.4) is 0 Å². The summed E-state index contributed by atoms with van der Waals surface area (Å²) in [6, 6.07) is 0.535. The van der Waals surface area contributed by atoms with Gasteiger partial charge in [0.2, 0.25) is 5.91 Å². The van der Waals surface area contributed by atoms with E-state index in [1.807, 2.05) is 0 Å². The van der Waals surface area contributed by atoms with Gasteiger partial charge in [0.25, 0.3) is 0 Å². The molecule has 1 saturated carbocycles. The van der Waals surface area contributed by atoms with Crippen LogP contribution in [-0.2, 0) is 4.79 Å². The number of piperidine rings is 1. The number of nitrogens with two attached hydrogens (primary N) is 1. The number of nitrogens with one attached hydrogen (secondary N) is 1. The predicted molar refractivity (Wildman–Crippen MR) is 77.8 cm³/mol. The van der Waals surface area contributed by atoms with Gasteiger partial charge in [-0.2, -0.15) is 0 Å². The van der Waals surface area contributed by atoms with Crippen LogP contribution in [0.2, 0.25) is 0 Å². The van der Waals surface area contributed by atoms with Gasteiger partial charge >= 0.3 is 0 Å². The van der Waals surface area contributed by atoms with Gasteiger partial charge in [-0.25, -0.2) is 0 Å². The third-order valence-electron chi connectivity index (χ3n) is 5.05. The van der Waals surface area contributed by atoms with Crippen LogP contribution >= 0.6 is 0 Å². The molecule has 4 nitrogen and oxygen atoms in total. The van der Waals surface area contributed by atoms with Gasteiger partial charge in [0, 0.05) is 6.04 Å². The van der Waals surface area contributed by atoms with E-state index in [2.05, 4.69) is 24.1 Å². The Morgan fingerprint density at radius 2 is 2.05 bits per heavy atom. The lowest BCUT2D eigenvalue weighted by Gasteiger charge is -2.45. The molecule has 1 saturated heterocycles. The van der Waals surface area contributed by atoms with Crippen molar-refractivity contribution < 1.29 is 4.79 Å². The van der Waals surface area contributed by atoms with Gasteiger partial charge in [-0.05, 0) is 64.1 Å². The fourth-order valence-electron chi connectivity index (χ4n) is 3.76. The summed E-state index contributed by atoms with van der Waals surface area (Å²) in [5, 5.41) is 3.37. The van der Waals surface area contributed by atoms with E-state index >= 15 is 0 Å². The zero-order valence-corrected chi connectivity index (χ0v) is 12.5. The molecule has 3 N–H and O–H groups in total. The molecule has 1 heterocycles. The highest BCUT2D eigenvalue weighted by Crippen LogP contribution is 2.33. The summed E-state index contributed by atoms with van der Waals surface area (Å²) >= 11 is 0. The second-order valence-corrected chi connectivity index (χ2v) is 6.45. The Kier molecular flexibility index (Phi) is 4.85. The van der Waals surface area contributed by atoms with Crippen LogP contribution < -0.4 is 11.1 Å². The third-order valence-corrected chi connectivity index (χ3v) is 5.05. The minimum absolute atomic E-state index is 0.163. The first-order valence-corrected chi connectivity index (χ1v) is 7.86. The number of carbonyl (C=O) groups is 1. The first kappa shape index (κ1) is 14.8. The molecule has 1 amide bonds. The van der Waals surface area contributed by atoms with E-state index in [1.165, 1.54) is 32.4 Å². The SMILES string of the molecule is CCNC1(C(N)=O)CCCC(N2CCC(C)CC2)C1. The smallest absolute Gasteiger partial charge is 0.237 e. The Morgan fingerprint density at radius 1 is 1.37 bits per heavy atom. The number of hydrogen-bond acceptors (Lipinski definition) is 3. The van der Waals surface area contributed by atoms with Crippen molar-refractivity contribution in [2.24, 2.45) is 11.7 Å². The van der Waals surface area contributed by atoms with Crippen LogP contribution in [0.5, 0.6) is 0 Å². The second-order valence-electron chi connectivity index (χ2n) is 6.45. The van der Waals surface area contributed by atoms with Crippen LogP contribution in [0.15, 0.2) is 0 Å². The van der Waals surface area contributed by atoms with E-state index < -0.39 is 5.54 Å². The van der Waals surface area contributed by atoms with Crippen LogP contribution in [0, 0.1) is 5.92 Å². The molecular weight excluding hydrogens is 238 g/mol. The number of amides is 1. The topological polar surface area (TPSA) is 58.4 Å². The van der Waals surface area contributed by atoms with Crippen molar-refractivity contribution in [3.8, 4) is 0 Å². The fourth-order valence-corrected chi connectivity index (χ4v) is 3.76. The number of nitrogens with zero attached hydrogens (tertiary/aromatic N) is 1. The number of primary amides is 1. The average Bonchev–Trinajstić information content (AvgIpc) is 2.40. The van der Waals surface area contributed by atoms with Crippen LogP contribution in [0.1, 0.15) is 52.4 Å². The van der Waals surface area contributed by atoms with Gasteiger partial charge in [-0.1, -0.05) is 13.8 Å². The van der Waals surface area contributed by atoms with Crippen molar-refractivity contribution in [3.63, 3.8) is 0 Å². The quantitative estimate of drug-likeness (QED) is 0.811. The molecule has 2 fully saturated rings. The van der Waals surface area contributed by atoms with Crippen molar-refractivity contribution in [2.45, 2.75) is 64.0 Å². The molecule has 1 aliphatic heterocycles. The maximum absolute atomic E-state index is 11.9. The lowest BCUT2D eigenvalue weighted by Crippen LogP contribution is -2.61. The molecule has 0 spiro atoms. The highest BCUT2D eigenvalue weighted by Gasteiger charge is 2.42. The van der Waals surface area contributed by atoms with Crippen molar-refractivity contribution in [1.82, 2.24) is 10.2 Å². The van der Waals surface area contributed by atoms with Crippen LogP contribution in [-0.4, -0.2) is 42.0 Å². The zero-order chi connectivity index (χ0) is 13.9. The Hall–Kier alpha value is -0.610. The summed E-state index contributed by atoms with van der Waals surface area (Å²) in [5.41, 5.74) is 5.22. The lowest BCUT2D eigenvalue weighted by molar-refractivity contribution is -0.126. The van der Waals surface area contributed by atoms with Crippen LogP contribution in [0.4, 0.5) is 0 Å². The van der Waals surface area contributed by atoms with Gasteiger partial charge in [0.15, 0.2) is 0 Å². The van der Waals surface area contributed by atoms with Gasteiger partial charge in [-0.15, -0.1) is 0 Å². The number of rotatable bonds is 4. The number of likely N-dealkylation sites (tertiary alicyclic amines) is 1. The molecule has 0 bridgehead atoms. The standard InChI is InChI=1S/C15H29N3O/c1-3-17-15(14(16)19)8-4-5-13(11-15)18-9-6-12(2)7-10-18/h12-13,17H,3-11H2,1-2H3,(H2,16,19). The van der Waals surface area contributed by atoms with E-state index in [4.69, 9.17) is 5.73 Å². The Labute approximate surface area is 117 Å². The summed E-state index contributed by atoms with van der Waals surface area (Å²) in [6.45, 7) is 7.58. The van der Waals surface area contributed by atoms with E-state index in [0.717, 1.165) is 31.7 Å². The van der Waals surface area contributed by atoms with Crippen molar-refractivity contribution in [3.05, 3.63) is 0 Å². The number of carbonyl (C=O) groups excluding carboxylic acids is 1. The summed E-state index contributed by atoms with van der Waals surface area (Å²) in [4.78, 5) is 14.5. The summed E-state index contributed by atoms with van der Waals surface area (Å²) < 4.78 is 0. The summed E-state index contributed by atoms with van der Waals surface area (Å²) in [6.07, 6.45) is 6.70. The number of likely N-dealkylation sites (N-methyl/N-ethyl adjacent to an activating group) is 1. The zero-order valence-electron chi connectivity index (χ0n) is 12.5. The molecule has 2 atom stereocenters. The summed E-state index contributed by atoms with van der Waals surface area (Å²) in [5.74, 6) is 0.693. The van der Waals surface area contributed by atoms with Crippen LogP contribution in [0.25, 0.3) is 0 Å². The Bertz CT molecular complexity index is 309. The highest BCUT2D eigenvalue weighted by atomic mass is 16.1. The Balaban J connectivity index is 2.01. The molecule has 19 heavy (non-hydrogen) atoms. The molecule has 4 heteroatoms. The molecule has 2 rings (SSSR count). The first-order valence-electron chi connectivity index (χ1n) is 7.86. The van der Waals surface area contributed by atoms with Gasteiger partial charge < -0.3 is 16.0 Å². The minimum atomic E-state index is -0.458. The van der Waals surface area contributed by atoms with Crippen molar-refractivity contribution in [2.75, 3.05) is 19.6 Å². The van der Waals surface area contributed by atoms with Gasteiger partial charge in [0.05, 0.1) is 5.54 Å². The van der Waals surface area contributed by atoms with E-state index in [-0.39, 0.29) is 5.91 Å². The summed E-state index contributed by atoms with van der Waals surface area (Å²) in [7, 11) is 0. The van der Waals surface area contributed by atoms with Gasteiger partial charge in [0.1, 0.15) is 0 Å². The fraction of sp³-hybridized carbons (Fsp3) is 0.933. The van der Waals surface area contributed by atoms with Crippen molar-refractivity contribution >= 4 is 5.91 Å². The predicted octanol–water partition coefficient (Wildman–Crippen LogP) is 1.49. The molecule has 0 radical (unpaired) electrons. The monoisotopic (exact) mass is 267 g/mol.